The van der Waals surface area contributed by atoms with Crippen LogP contribution in [0.25, 0.3) is 0 Å². The first-order chi connectivity index (χ1) is 14.4. The van der Waals surface area contributed by atoms with Crippen molar-refractivity contribution < 1.29 is 18.7 Å². The van der Waals surface area contributed by atoms with Gasteiger partial charge in [0.1, 0.15) is 5.82 Å². The Hall–Kier alpha value is -3.04. The van der Waals surface area contributed by atoms with Crippen LogP contribution in [-0.2, 0) is 4.74 Å². The summed E-state index contributed by atoms with van der Waals surface area (Å²) in [6.07, 6.45) is 0. The maximum atomic E-state index is 13.9. The number of halogens is 1. The Morgan fingerprint density at radius 2 is 1.80 bits per heavy atom. The smallest absolute Gasteiger partial charge is 0.337 e. The molecule has 0 bridgehead atoms. The molecule has 1 fully saturated rings. The number of hydrogen-bond acceptors (Lipinski definition) is 6. The lowest BCUT2D eigenvalue weighted by atomic mass is 10.1. The van der Waals surface area contributed by atoms with E-state index in [4.69, 9.17) is 17.0 Å². The van der Waals surface area contributed by atoms with Crippen LogP contribution in [0.4, 0.5) is 15.8 Å². The Morgan fingerprint density at radius 3 is 2.47 bits per heavy atom. The molecule has 7 nitrogen and oxygen atoms in total. The summed E-state index contributed by atoms with van der Waals surface area (Å²) in [6.45, 7) is 3.40. The minimum absolute atomic E-state index is 0.000598. The van der Waals surface area contributed by atoms with Crippen molar-refractivity contribution in [3.05, 3.63) is 59.4 Å². The number of nitrogens with zero attached hydrogens (tertiary/aromatic N) is 2. The molecule has 1 aliphatic heterocycles. The summed E-state index contributed by atoms with van der Waals surface area (Å²) in [6, 6.07) is 10.8. The van der Waals surface area contributed by atoms with Gasteiger partial charge in [0.25, 0.3) is 5.91 Å². The highest BCUT2D eigenvalue weighted by Crippen LogP contribution is 2.28. The molecule has 30 heavy (non-hydrogen) atoms. The first kappa shape index (κ1) is 21.7. The number of anilines is 2. The van der Waals surface area contributed by atoms with Gasteiger partial charge in [-0.2, -0.15) is 0 Å². The maximum Gasteiger partial charge on any atom is 0.337 e. The zero-order valence-corrected chi connectivity index (χ0v) is 17.6. The summed E-state index contributed by atoms with van der Waals surface area (Å²) in [4.78, 5) is 28.7. The van der Waals surface area contributed by atoms with Gasteiger partial charge in [0.15, 0.2) is 5.11 Å². The summed E-state index contributed by atoms with van der Waals surface area (Å²) in [5, 5.41) is 5.46. The third kappa shape index (κ3) is 5.11. The molecule has 3 rings (SSSR count). The van der Waals surface area contributed by atoms with E-state index >= 15 is 0 Å². The number of carbonyl (C=O) groups is 2. The summed E-state index contributed by atoms with van der Waals surface area (Å²) in [5.41, 5.74) is 1.64. The van der Waals surface area contributed by atoms with Gasteiger partial charge in [-0.3, -0.25) is 10.1 Å². The van der Waals surface area contributed by atoms with E-state index in [1.54, 1.807) is 18.2 Å². The van der Waals surface area contributed by atoms with Crippen molar-refractivity contribution in [2.45, 2.75) is 0 Å². The monoisotopic (exact) mass is 430 g/mol. The Labute approximate surface area is 179 Å². The first-order valence-electron chi connectivity index (χ1n) is 9.41. The van der Waals surface area contributed by atoms with Crippen LogP contribution in [0.1, 0.15) is 20.7 Å². The van der Waals surface area contributed by atoms with Crippen LogP contribution in [0.3, 0.4) is 0 Å². The number of esters is 1. The molecule has 0 saturated carbocycles. The average molecular weight is 431 g/mol. The minimum Gasteiger partial charge on any atom is -0.465 e. The summed E-state index contributed by atoms with van der Waals surface area (Å²) >= 11 is 5.26. The number of amides is 1. The highest BCUT2D eigenvalue weighted by molar-refractivity contribution is 7.80. The molecule has 0 spiro atoms. The molecule has 1 aliphatic rings. The average Bonchev–Trinajstić information content (AvgIpc) is 2.74. The number of rotatable bonds is 4. The molecule has 0 aromatic heterocycles. The van der Waals surface area contributed by atoms with E-state index in [0.29, 0.717) is 11.3 Å². The summed E-state index contributed by atoms with van der Waals surface area (Å²) in [5.74, 6) is -1.77. The van der Waals surface area contributed by atoms with Crippen LogP contribution in [0, 0.1) is 5.82 Å². The molecular formula is C21H23FN4O3S. The van der Waals surface area contributed by atoms with Crippen LogP contribution >= 0.6 is 12.2 Å². The number of likely N-dealkylation sites (N-methyl/N-ethyl adjacent to an activating group) is 1. The van der Waals surface area contributed by atoms with Gasteiger partial charge in [-0.15, -0.1) is 0 Å². The van der Waals surface area contributed by atoms with Crippen molar-refractivity contribution >= 4 is 40.6 Å². The van der Waals surface area contributed by atoms with Crippen molar-refractivity contribution in [2.24, 2.45) is 0 Å². The van der Waals surface area contributed by atoms with Gasteiger partial charge in [-0.1, -0.05) is 12.1 Å². The molecule has 2 aromatic rings. The Bertz CT molecular complexity index is 961. The van der Waals surface area contributed by atoms with E-state index < -0.39 is 17.7 Å². The minimum atomic E-state index is -0.657. The number of hydrogen-bond donors (Lipinski definition) is 2. The quantitative estimate of drug-likeness (QED) is 0.570. The second kappa shape index (κ2) is 9.64. The zero-order chi connectivity index (χ0) is 21.7. The number of thiocarbonyl (C=S) groups is 1. The molecule has 2 aromatic carbocycles. The van der Waals surface area contributed by atoms with Gasteiger partial charge < -0.3 is 19.9 Å². The highest BCUT2D eigenvalue weighted by atomic mass is 32.1. The lowest BCUT2D eigenvalue weighted by molar-refractivity contribution is 0.0600. The van der Waals surface area contributed by atoms with Crippen LogP contribution < -0.4 is 15.5 Å². The van der Waals surface area contributed by atoms with E-state index in [2.05, 4.69) is 27.5 Å². The predicted octanol–water partition coefficient (Wildman–Crippen LogP) is 2.49. The normalized spacial score (nSPS) is 14.2. The fourth-order valence-corrected chi connectivity index (χ4v) is 3.38. The van der Waals surface area contributed by atoms with Gasteiger partial charge in [-0.25, -0.2) is 9.18 Å². The molecule has 2 N–H and O–H groups in total. The van der Waals surface area contributed by atoms with Gasteiger partial charge in [0, 0.05) is 26.2 Å². The van der Waals surface area contributed by atoms with Gasteiger partial charge >= 0.3 is 5.97 Å². The largest absolute Gasteiger partial charge is 0.465 e. The number of piperazine rings is 1. The second-order valence-corrected chi connectivity index (χ2v) is 7.31. The third-order valence-corrected chi connectivity index (χ3v) is 5.06. The van der Waals surface area contributed by atoms with Crippen molar-refractivity contribution in [3.8, 4) is 0 Å². The zero-order valence-electron chi connectivity index (χ0n) is 16.8. The van der Waals surface area contributed by atoms with Gasteiger partial charge in [0.2, 0.25) is 0 Å². The molecule has 1 saturated heterocycles. The predicted molar refractivity (Wildman–Crippen MR) is 118 cm³/mol. The molecular weight excluding hydrogens is 407 g/mol. The van der Waals surface area contributed by atoms with E-state index in [9.17, 15) is 14.0 Å². The third-order valence-electron chi connectivity index (χ3n) is 4.86. The molecule has 1 amide bonds. The molecule has 0 unspecified atom stereocenters. The van der Waals surface area contributed by atoms with Gasteiger partial charge in [-0.05, 0) is 49.6 Å². The Morgan fingerprint density at radius 1 is 1.10 bits per heavy atom. The number of nitrogens with one attached hydrogen (secondary N) is 2. The van der Waals surface area contributed by atoms with Crippen LogP contribution in [0.2, 0.25) is 0 Å². The SMILES string of the molecule is COC(=O)c1ccc(N2CCN(C)CC2)c(NC(=S)NC(=O)c2ccccc2F)c1. The van der Waals surface area contributed by atoms with E-state index in [-0.39, 0.29) is 10.7 Å². The van der Waals surface area contributed by atoms with Crippen LogP contribution in [0.15, 0.2) is 42.5 Å². The Balaban J connectivity index is 1.81. The molecule has 158 valence electrons. The first-order valence-corrected chi connectivity index (χ1v) is 9.82. The summed E-state index contributed by atoms with van der Waals surface area (Å²) in [7, 11) is 3.37. The fraction of sp³-hybridized carbons (Fsp3) is 0.286. The van der Waals surface area contributed by atoms with Crippen molar-refractivity contribution in [1.82, 2.24) is 10.2 Å². The number of benzene rings is 2. The number of ether oxygens (including phenoxy) is 1. The lowest BCUT2D eigenvalue weighted by Gasteiger charge is -2.35. The maximum absolute atomic E-state index is 13.9. The fourth-order valence-electron chi connectivity index (χ4n) is 3.17. The summed E-state index contributed by atoms with van der Waals surface area (Å²) < 4.78 is 18.7. The van der Waals surface area contributed by atoms with Crippen LogP contribution in [-0.4, -0.2) is 62.2 Å². The van der Waals surface area contributed by atoms with Crippen molar-refractivity contribution in [2.75, 3.05) is 50.6 Å². The molecule has 0 radical (unpaired) electrons. The Kier molecular flexibility index (Phi) is 6.96. The van der Waals surface area contributed by atoms with E-state index in [0.717, 1.165) is 31.9 Å². The van der Waals surface area contributed by atoms with Crippen LogP contribution in [0.5, 0.6) is 0 Å². The lowest BCUT2D eigenvalue weighted by Crippen LogP contribution is -2.45. The van der Waals surface area contributed by atoms with Crippen molar-refractivity contribution in [1.29, 1.82) is 0 Å². The topological polar surface area (TPSA) is 73.9 Å². The molecule has 0 atom stereocenters. The molecule has 9 heteroatoms. The van der Waals surface area contributed by atoms with E-state index in [1.807, 2.05) is 6.07 Å². The standard InChI is InChI=1S/C21H23FN4O3S/c1-25-9-11-26(12-10-25)18-8-7-14(20(28)29-2)13-17(18)23-21(30)24-19(27)15-5-3-4-6-16(15)22/h3-8,13H,9-12H2,1-2H3,(H2,23,24,27,30). The second-order valence-electron chi connectivity index (χ2n) is 6.90. The number of carbonyl (C=O) groups excluding carboxylic acids is 2. The number of methoxy groups -OCH3 is 1. The van der Waals surface area contributed by atoms with E-state index in [1.165, 1.54) is 25.3 Å². The highest BCUT2D eigenvalue weighted by Gasteiger charge is 2.20. The van der Waals surface area contributed by atoms with Gasteiger partial charge in [0.05, 0.1) is 29.6 Å². The molecule has 1 heterocycles. The van der Waals surface area contributed by atoms with Crippen molar-refractivity contribution in [3.63, 3.8) is 0 Å². The molecule has 0 aliphatic carbocycles.